The maximum Gasteiger partial charge on any atom is 0 e. The number of benzene rings is 1. The zero-order chi connectivity index (χ0) is 11.0. The lowest BCUT2D eigenvalue weighted by Gasteiger charge is -2.29. The molecule has 1 aromatic carbocycles. The largest absolute Gasteiger partial charge is 0.0620 e. The molecule has 15 heavy (non-hydrogen) atoms. The molecule has 1 aromatic rings. The van der Waals surface area contributed by atoms with Gasteiger partial charge in [-0.3, -0.25) is 0 Å². The fraction of sp³-hybridized carbons (Fsp3) is 0.571. The SMILES string of the molecule is CC(C)(C)c1ccccc1C(C)(C)C.[Al]. The molecule has 0 fully saturated rings. The molecule has 3 radical (unpaired) electrons. The first-order chi connectivity index (χ1) is 6.23. The summed E-state index contributed by atoms with van der Waals surface area (Å²) < 4.78 is 0. The van der Waals surface area contributed by atoms with Crippen molar-refractivity contribution in [3.63, 3.8) is 0 Å². The highest BCUT2D eigenvalue weighted by atomic mass is 27.0. The third-order valence-electron chi connectivity index (χ3n) is 2.54. The van der Waals surface area contributed by atoms with Crippen molar-refractivity contribution in [1.82, 2.24) is 0 Å². The maximum absolute atomic E-state index is 2.28. The molecule has 0 N–H and O–H groups in total. The van der Waals surface area contributed by atoms with Crippen LogP contribution in [-0.2, 0) is 10.8 Å². The Hall–Kier alpha value is -0.248. The van der Waals surface area contributed by atoms with Gasteiger partial charge in [0.1, 0.15) is 0 Å². The van der Waals surface area contributed by atoms with Gasteiger partial charge in [-0.25, -0.2) is 0 Å². The quantitative estimate of drug-likeness (QED) is 0.578. The lowest BCUT2D eigenvalue weighted by atomic mass is 9.75. The Kier molecular flexibility index (Phi) is 4.65. The van der Waals surface area contributed by atoms with Crippen LogP contribution in [0, 0.1) is 0 Å². The number of hydrogen-bond acceptors (Lipinski definition) is 0. The normalized spacial score (nSPS) is 12.1. The van der Waals surface area contributed by atoms with E-state index in [-0.39, 0.29) is 28.2 Å². The first-order valence-electron chi connectivity index (χ1n) is 5.33. The predicted molar refractivity (Wildman–Crippen MR) is 69.6 cm³/mol. The summed E-state index contributed by atoms with van der Waals surface area (Å²) in [4.78, 5) is 0. The van der Waals surface area contributed by atoms with Crippen LogP contribution in [0.4, 0.5) is 0 Å². The summed E-state index contributed by atoms with van der Waals surface area (Å²) in [6.45, 7) is 13.7. The minimum absolute atomic E-state index is 0. The van der Waals surface area contributed by atoms with Crippen LogP contribution >= 0.6 is 0 Å². The van der Waals surface area contributed by atoms with Gasteiger partial charge in [-0.2, -0.15) is 0 Å². The summed E-state index contributed by atoms with van der Waals surface area (Å²) in [6, 6.07) is 8.77. The molecule has 0 aliphatic carbocycles. The van der Waals surface area contributed by atoms with E-state index in [9.17, 15) is 0 Å². The second-order valence-electron chi connectivity index (χ2n) is 6.05. The lowest BCUT2D eigenvalue weighted by molar-refractivity contribution is 0.530. The van der Waals surface area contributed by atoms with Gasteiger partial charge in [-0.1, -0.05) is 65.8 Å². The van der Waals surface area contributed by atoms with Crippen molar-refractivity contribution in [1.29, 1.82) is 0 Å². The standard InChI is InChI=1S/C14H22.Al/c1-13(2,3)11-9-7-8-10-12(11)14(4,5)6;/h7-10H,1-6H3;. The smallest absolute Gasteiger partial charge is 0 e. The van der Waals surface area contributed by atoms with Gasteiger partial charge in [-0.05, 0) is 22.0 Å². The van der Waals surface area contributed by atoms with Crippen LogP contribution in [0.25, 0.3) is 0 Å². The van der Waals surface area contributed by atoms with E-state index >= 15 is 0 Å². The molecule has 0 aromatic heterocycles. The summed E-state index contributed by atoms with van der Waals surface area (Å²) in [6.07, 6.45) is 0. The van der Waals surface area contributed by atoms with Crippen molar-refractivity contribution in [3.8, 4) is 0 Å². The molecular weight excluding hydrogens is 195 g/mol. The van der Waals surface area contributed by atoms with Gasteiger partial charge >= 0.3 is 0 Å². The Morgan fingerprint density at radius 3 is 1.13 bits per heavy atom. The van der Waals surface area contributed by atoms with E-state index in [4.69, 9.17) is 0 Å². The minimum atomic E-state index is 0. The molecule has 81 valence electrons. The molecule has 0 heterocycles. The molecule has 1 heteroatoms. The van der Waals surface area contributed by atoms with E-state index in [2.05, 4.69) is 65.8 Å². The van der Waals surface area contributed by atoms with Gasteiger partial charge in [0.15, 0.2) is 0 Å². The Morgan fingerprint density at radius 1 is 0.667 bits per heavy atom. The van der Waals surface area contributed by atoms with Gasteiger partial charge in [0, 0.05) is 17.4 Å². The van der Waals surface area contributed by atoms with Crippen molar-refractivity contribution in [3.05, 3.63) is 35.4 Å². The van der Waals surface area contributed by atoms with Crippen LogP contribution in [0.5, 0.6) is 0 Å². The Morgan fingerprint density at radius 2 is 0.933 bits per heavy atom. The first kappa shape index (κ1) is 14.8. The van der Waals surface area contributed by atoms with Crippen molar-refractivity contribution in [2.45, 2.75) is 52.4 Å². The van der Waals surface area contributed by atoms with Crippen LogP contribution in [-0.4, -0.2) is 17.4 Å². The molecule has 0 nitrogen and oxygen atoms in total. The van der Waals surface area contributed by atoms with Gasteiger partial charge < -0.3 is 0 Å². The summed E-state index contributed by atoms with van der Waals surface area (Å²) in [5, 5.41) is 0. The highest BCUT2D eigenvalue weighted by Crippen LogP contribution is 2.33. The fourth-order valence-corrected chi connectivity index (χ4v) is 1.79. The average Bonchev–Trinajstić information content (AvgIpc) is 2.01. The van der Waals surface area contributed by atoms with Gasteiger partial charge in [-0.15, -0.1) is 0 Å². The van der Waals surface area contributed by atoms with Gasteiger partial charge in [0.25, 0.3) is 0 Å². The third-order valence-corrected chi connectivity index (χ3v) is 2.54. The fourth-order valence-electron chi connectivity index (χ4n) is 1.79. The first-order valence-corrected chi connectivity index (χ1v) is 5.33. The van der Waals surface area contributed by atoms with E-state index in [1.807, 2.05) is 0 Å². The van der Waals surface area contributed by atoms with E-state index in [1.54, 1.807) is 0 Å². The van der Waals surface area contributed by atoms with E-state index < -0.39 is 0 Å². The second kappa shape index (κ2) is 4.73. The van der Waals surface area contributed by atoms with Gasteiger partial charge in [0.05, 0.1) is 0 Å². The molecule has 0 atom stereocenters. The van der Waals surface area contributed by atoms with Crippen LogP contribution in [0.3, 0.4) is 0 Å². The van der Waals surface area contributed by atoms with E-state index in [0.717, 1.165) is 0 Å². The summed E-state index contributed by atoms with van der Waals surface area (Å²) >= 11 is 0. The van der Waals surface area contributed by atoms with Crippen molar-refractivity contribution in [2.75, 3.05) is 0 Å². The molecule has 0 amide bonds. The summed E-state index contributed by atoms with van der Waals surface area (Å²) in [7, 11) is 0. The molecule has 0 saturated heterocycles. The Labute approximate surface area is 105 Å². The lowest BCUT2D eigenvalue weighted by Crippen LogP contribution is -2.21. The molecule has 0 spiro atoms. The molecule has 1 rings (SSSR count). The van der Waals surface area contributed by atoms with Crippen molar-refractivity contribution < 1.29 is 0 Å². The van der Waals surface area contributed by atoms with Crippen LogP contribution in [0.1, 0.15) is 52.7 Å². The molecular formula is C14H22Al. The number of rotatable bonds is 0. The average molecular weight is 217 g/mol. The highest BCUT2D eigenvalue weighted by molar-refractivity contribution is 5.75. The number of hydrogen-bond donors (Lipinski definition) is 0. The molecule has 0 bridgehead atoms. The maximum atomic E-state index is 2.28. The van der Waals surface area contributed by atoms with Crippen LogP contribution in [0.15, 0.2) is 24.3 Å². The van der Waals surface area contributed by atoms with Crippen molar-refractivity contribution in [2.24, 2.45) is 0 Å². The van der Waals surface area contributed by atoms with Gasteiger partial charge in [0.2, 0.25) is 0 Å². The topological polar surface area (TPSA) is 0 Å². The zero-order valence-electron chi connectivity index (χ0n) is 10.9. The van der Waals surface area contributed by atoms with E-state index in [0.29, 0.717) is 0 Å². The second-order valence-corrected chi connectivity index (χ2v) is 6.05. The predicted octanol–water partition coefficient (Wildman–Crippen LogP) is 3.90. The molecule has 0 aliphatic rings. The third kappa shape index (κ3) is 3.67. The Bertz CT molecular complexity index is 280. The molecule has 0 aliphatic heterocycles. The Balaban J connectivity index is 0.00000196. The van der Waals surface area contributed by atoms with Crippen LogP contribution in [0.2, 0.25) is 0 Å². The monoisotopic (exact) mass is 217 g/mol. The highest BCUT2D eigenvalue weighted by Gasteiger charge is 2.23. The molecule has 0 unspecified atom stereocenters. The van der Waals surface area contributed by atoms with Crippen LogP contribution < -0.4 is 0 Å². The summed E-state index contributed by atoms with van der Waals surface area (Å²) in [5.41, 5.74) is 3.41. The molecule has 0 saturated carbocycles. The van der Waals surface area contributed by atoms with Crippen molar-refractivity contribution >= 4 is 17.4 Å². The van der Waals surface area contributed by atoms with E-state index in [1.165, 1.54) is 11.1 Å². The summed E-state index contributed by atoms with van der Waals surface area (Å²) in [5.74, 6) is 0. The zero-order valence-corrected chi connectivity index (χ0v) is 12.0. The minimum Gasteiger partial charge on any atom is -0.0620 e.